The number of aryl methyl sites for hydroxylation is 1. The molecule has 2 heterocycles. The summed E-state index contributed by atoms with van der Waals surface area (Å²) in [6.07, 6.45) is 3.14. The number of carbonyl (C=O) groups excluding carboxylic acids is 1. The summed E-state index contributed by atoms with van der Waals surface area (Å²) in [6.45, 7) is 6.60. The monoisotopic (exact) mass is 249 g/mol. The van der Waals surface area contributed by atoms with E-state index in [4.69, 9.17) is 4.42 Å². The van der Waals surface area contributed by atoms with Gasteiger partial charge < -0.3 is 14.4 Å². The lowest BCUT2D eigenvalue weighted by molar-refractivity contribution is -0.158. The van der Waals surface area contributed by atoms with Gasteiger partial charge in [0.1, 0.15) is 17.1 Å². The van der Waals surface area contributed by atoms with Gasteiger partial charge >= 0.3 is 0 Å². The van der Waals surface area contributed by atoms with Crippen molar-refractivity contribution in [2.24, 2.45) is 5.92 Å². The van der Waals surface area contributed by atoms with E-state index < -0.39 is 5.60 Å². The van der Waals surface area contributed by atoms with Crippen LogP contribution in [0.1, 0.15) is 25.4 Å². The maximum absolute atomic E-state index is 11.8. The van der Waals surface area contributed by atoms with E-state index in [1.54, 1.807) is 11.0 Å². The molecular formula is C14H19NO3. The summed E-state index contributed by atoms with van der Waals surface area (Å²) in [4.78, 5) is 13.4. The SMILES string of the molecule is Cc1ccc(C=CC(=O)N2CC(O)(C(C)C)C2)o1. The molecule has 1 N–H and O–H groups in total. The Kier molecular flexibility index (Phi) is 3.30. The van der Waals surface area contributed by atoms with Crippen molar-refractivity contribution < 1.29 is 14.3 Å². The van der Waals surface area contributed by atoms with Crippen molar-refractivity contribution in [1.29, 1.82) is 0 Å². The lowest BCUT2D eigenvalue weighted by atomic mass is 9.83. The Balaban J connectivity index is 1.89. The fraction of sp³-hybridized carbons (Fsp3) is 0.500. The van der Waals surface area contributed by atoms with Crippen LogP contribution < -0.4 is 0 Å². The molecule has 4 nitrogen and oxygen atoms in total. The molecule has 0 unspecified atom stereocenters. The van der Waals surface area contributed by atoms with Crippen molar-refractivity contribution in [3.05, 3.63) is 29.7 Å². The Bertz CT molecular complexity index is 467. The zero-order valence-electron chi connectivity index (χ0n) is 11.0. The van der Waals surface area contributed by atoms with Gasteiger partial charge in [0.2, 0.25) is 5.91 Å². The maximum Gasteiger partial charge on any atom is 0.246 e. The lowest BCUT2D eigenvalue weighted by Gasteiger charge is -2.48. The quantitative estimate of drug-likeness (QED) is 0.831. The highest BCUT2D eigenvalue weighted by molar-refractivity contribution is 5.92. The highest BCUT2D eigenvalue weighted by Crippen LogP contribution is 2.28. The molecule has 0 atom stereocenters. The van der Waals surface area contributed by atoms with Crippen molar-refractivity contribution in [2.75, 3.05) is 13.1 Å². The molecule has 18 heavy (non-hydrogen) atoms. The van der Waals surface area contributed by atoms with Gasteiger partial charge in [-0.05, 0) is 31.1 Å². The number of hydrogen-bond donors (Lipinski definition) is 1. The summed E-state index contributed by atoms with van der Waals surface area (Å²) >= 11 is 0. The van der Waals surface area contributed by atoms with Crippen LogP contribution in [-0.2, 0) is 4.79 Å². The minimum atomic E-state index is -0.717. The third-order valence-electron chi connectivity index (χ3n) is 3.47. The third kappa shape index (κ3) is 2.48. The van der Waals surface area contributed by atoms with Crippen molar-refractivity contribution in [3.63, 3.8) is 0 Å². The Labute approximate surface area is 107 Å². The molecule has 0 aliphatic carbocycles. The largest absolute Gasteiger partial charge is 0.462 e. The van der Waals surface area contributed by atoms with Gasteiger partial charge in [-0.1, -0.05) is 13.8 Å². The summed E-state index contributed by atoms with van der Waals surface area (Å²) in [6, 6.07) is 3.67. The van der Waals surface area contributed by atoms with Gasteiger partial charge in [-0.15, -0.1) is 0 Å². The summed E-state index contributed by atoms with van der Waals surface area (Å²) in [5, 5.41) is 10.1. The number of nitrogens with zero attached hydrogens (tertiary/aromatic N) is 1. The van der Waals surface area contributed by atoms with Gasteiger partial charge in [-0.3, -0.25) is 4.79 Å². The van der Waals surface area contributed by atoms with Crippen LogP contribution in [0.2, 0.25) is 0 Å². The third-order valence-corrected chi connectivity index (χ3v) is 3.47. The Morgan fingerprint density at radius 1 is 1.50 bits per heavy atom. The Hall–Kier alpha value is -1.55. The Morgan fingerprint density at radius 3 is 2.67 bits per heavy atom. The maximum atomic E-state index is 11.8. The summed E-state index contributed by atoms with van der Waals surface area (Å²) in [5.41, 5.74) is -0.717. The highest BCUT2D eigenvalue weighted by atomic mass is 16.3. The van der Waals surface area contributed by atoms with E-state index in [1.165, 1.54) is 6.08 Å². The van der Waals surface area contributed by atoms with Gasteiger partial charge in [0.25, 0.3) is 0 Å². The summed E-state index contributed by atoms with van der Waals surface area (Å²) in [5.74, 6) is 1.56. The van der Waals surface area contributed by atoms with Crippen LogP contribution in [0.3, 0.4) is 0 Å². The molecule has 1 aromatic rings. The molecule has 1 aromatic heterocycles. The number of amides is 1. The molecule has 2 rings (SSSR count). The first kappa shape index (κ1) is 12.9. The summed E-state index contributed by atoms with van der Waals surface area (Å²) < 4.78 is 5.34. The molecule has 1 fully saturated rings. The van der Waals surface area contributed by atoms with E-state index in [0.717, 1.165) is 5.76 Å². The van der Waals surface area contributed by atoms with Gasteiger partial charge in [0, 0.05) is 6.08 Å². The van der Waals surface area contributed by atoms with Crippen LogP contribution in [0, 0.1) is 12.8 Å². The van der Waals surface area contributed by atoms with E-state index in [0.29, 0.717) is 18.8 Å². The van der Waals surface area contributed by atoms with Crippen LogP contribution in [0.5, 0.6) is 0 Å². The predicted octanol–water partition coefficient (Wildman–Crippen LogP) is 1.83. The molecule has 1 saturated heterocycles. The molecule has 1 aliphatic heterocycles. The number of aliphatic hydroxyl groups is 1. The molecule has 98 valence electrons. The zero-order chi connectivity index (χ0) is 13.3. The molecule has 4 heteroatoms. The predicted molar refractivity (Wildman–Crippen MR) is 68.8 cm³/mol. The van der Waals surface area contributed by atoms with E-state index in [-0.39, 0.29) is 11.8 Å². The van der Waals surface area contributed by atoms with Gasteiger partial charge in [-0.2, -0.15) is 0 Å². The average molecular weight is 249 g/mol. The molecule has 0 radical (unpaired) electrons. The molecular weight excluding hydrogens is 230 g/mol. The molecule has 1 amide bonds. The molecule has 0 spiro atoms. The van der Waals surface area contributed by atoms with Crippen LogP contribution in [0.4, 0.5) is 0 Å². The highest BCUT2D eigenvalue weighted by Gasteiger charge is 2.45. The van der Waals surface area contributed by atoms with E-state index in [9.17, 15) is 9.90 Å². The molecule has 0 aromatic carbocycles. The van der Waals surface area contributed by atoms with Crippen LogP contribution >= 0.6 is 0 Å². The first-order valence-corrected chi connectivity index (χ1v) is 6.16. The lowest BCUT2D eigenvalue weighted by Crippen LogP contribution is -2.65. The van der Waals surface area contributed by atoms with Crippen molar-refractivity contribution >= 4 is 12.0 Å². The molecule has 1 aliphatic rings. The average Bonchev–Trinajstić information content (AvgIpc) is 2.67. The fourth-order valence-corrected chi connectivity index (χ4v) is 1.94. The van der Waals surface area contributed by atoms with Crippen molar-refractivity contribution in [2.45, 2.75) is 26.4 Å². The second-order valence-corrected chi connectivity index (χ2v) is 5.23. The van der Waals surface area contributed by atoms with Crippen molar-refractivity contribution in [1.82, 2.24) is 4.90 Å². The van der Waals surface area contributed by atoms with E-state index >= 15 is 0 Å². The number of hydrogen-bond acceptors (Lipinski definition) is 3. The van der Waals surface area contributed by atoms with Gasteiger partial charge in [0.15, 0.2) is 0 Å². The van der Waals surface area contributed by atoms with Gasteiger partial charge in [-0.25, -0.2) is 0 Å². The molecule has 0 saturated carbocycles. The second-order valence-electron chi connectivity index (χ2n) is 5.23. The summed E-state index contributed by atoms with van der Waals surface area (Å²) in [7, 11) is 0. The normalized spacial score (nSPS) is 18.4. The Morgan fingerprint density at radius 2 is 2.17 bits per heavy atom. The first-order valence-electron chi connectivity index (χ1n) is 6.16. The number of β-amino-alcohol motifs (C(OH)–C–C–N with tert-alkyl or cyclic N) is 1. The van der Waals surface area contributed by atoms with Crippen LogP contribution in [0.15, 0.2) is 22.6 Å². The first-order chi connectivity index (χ1) is 8.40. The zero-order valence-corrected chi connectivity index (χ0v) is 11.0. The second kappa shape index (κ2) is 4.61. The minimum Gasteiger partial charge on any atom is -0.462 e. The topological polar surface area (TPSA) is 53.7 Å². The van der Waals surface area contributed by atoms with Crippen molar-refractivity contribution in [3.8, 4) is 0 Å². The van der Waals surface area contributed by atoms with Crippen LogP contribution in [-0.4, -0.2) is 34.6 Å². The number of carbonyl (C=O) groups is 1. The smallest absolute Gasteiger partial charge is 0.246 e. The van der Waals surface area contributed by atoms with Crippen LogP contribution in [0.25, 0.3) is 6.08 Å². The minimum absolute atomic E-state index is 0.0885. The number of rotatable bonds is 3. The van der Waals surface area contributed by atoms with Gasteiger partial charge in [0.05, 0.1) is 13.1 Å². The molecule has 0 bridgehead atoms. The van der Waals surface area contributed by atoms with E-state index in [2.05, 4.69) is 0 Å². The standard InChI is InChI=1S/C14H19NO3/c1-10(2)14(17)8-15(9-14)13(16)7-6-12-5-4-11(3)18-12/h4-7,10,17H,8-9H2,1-3H3. The fourth-order valence-electron chi connectivity index (χ4n) is 1.94. The number of likely N-dealkylation sites (tertiary alicyclic amines) is 1. The number of furan rings is 1. The van der Waals surface area contributed by atoms with E-state index in [1.807, 2.05) is 32.9 Å².